The van der Waals surface area contributed by atoms with Gasteiger partial charge in [0, 0.05) is 18.1 Å². The zero-order valence-electron chi connectivity index (χ0n) is 11.5. The van der Waals surface area contributed by atoms with Crippen LogP contribution in [0.2, 0.25) is 0 Å². The van der Waals surface area contributed by atoms with Gasteiger partial charge in [-0.15, -0.1) is 0 Å². The third kappa shape index (κ3) is 2.30. The molecule has 0 amide bonds. The quantitative estimate of drug-likeness (QED) is 0.918. The Balaban J connectivity index is 2.09. The Hall–Kier alpha value is -1.85. The monoisotopic (exact) mass is 274 g/mol. The number of aliphatic hydroxyl groups excluding tert-OH is 1. The van der Waals surface area contributed by atoms with Crippen molar-refractivity contribution in [1.82, 2.24) is 4.98 Å². The summed E-state index contributed by atoms with van der Waals surface area (Å²) in [4.78, 5) is 6.62. The highest BCUT2D eigenvalue weighted by Gasteiger charge is 2.24. The fourth-order valence-corrected chi connectivity index (χ4v) is 2.57. The maximum Gasteiger partial charge on any atom is 0.137 e. The maximum absolute atomic E-state index is 9.52. The molecule has 5 heteroatoms. The van der Waals surface area contributed by atoms with Crippen molar-refractivity contribution in [3.8, 4) is 5.75 Å². The minimum Gasteiger partial charge on any atom is -0.497 e. The lowest BCUT2D eigenvalue weighted by molar-refractivity contribution is 0.0724. The van der Waals surface area contributed by atoms with E-state index in [1.54, 1.807) is 13.3 Å². The number of hydrogen-bond acceptors (Lipinski definition) is 5. The molecule has 20 heavy (non-hydrogen) atoms. The molecule has 1 N–H and O–H groups in total. The zero-order chi connectivity index (χ0) is 13.9. The van der Waals surface area contributed by atoms with Crippen molar-refractivity contribution in [1.29, 1.82) is 0 Å². The molecule has 5 nitrogen and oxygen atoms in total. The van der Waals surface area contributed by atoms with Crippen molar-refractivity contribution in [2.75, 3.05) is 38.4 Å². The van der Waals surface area contributed by atoms with E-state index in [-0.39, 0.29) is 12.6 Å². The lowest BCUT2D eigenvalue weighted by Crippen LogP contribution is -2.48. The summed E-state index contributed by atoms with van der Waals surface area (Å²) in [7, 11) is 1.66. The molecule has 0 bridgehead atoms. The molecule has 1 fully saturated rings. The molecule has 1 aromatic carbocycles. The number of aromatic nitrogens is 1. The van der Waals surface area contributed by atoms with Gasteiger partial charge in [-0.05, 0) is 23.6 Å². The van der Waals surface area contributed by atoms with E-state index < -0.39 is 0 Å². The second-order valence-electron chi connectivity index (χ2n) is 4.83. The molecule has 0 radical (unpaired) electrons. The molecule has 0 aliphatic carbocycles. The van der Waals surface area contributed by atoms with Gasteiger partial charge in [0.2, 0.25) is 0 Å². The van der Waals surface area contributed by atoms with Gasteiger partial charge >= 0.3 is 0 Å². The lowest BCUT2D eigenvalue weighted by atomic mass is 10.1. The summed E-state index contributed by atoms with van der Waals surface area (Å²) in [6.45, 7) is 1.97. The van der Waals surface area contributed by atoms with Crippen LogP contribution in [0.5, 0.6) is 5.75 Å². The van der Waals surface area contributed by atoms with Crippen molar-refractivity contribution in [2.45, 2.75) is 6.04 Å². The van der Waals surface area contributed by atoms with Crippen LogP contribution in [0.25, 0.3) is 10.8 Å². The van der Waals surface area contributed by atoms with Crippen LogP contribution in [0.1, 0.15) is 0 Å². The Morgan fingerprint density at radius 2 is 2.35 bits per heavy atom. The van der Waals surface area contributed by atoms with E-state index in [2.05, 4.69) is 9.88 Å². The van der Waals surface area contributed by atoms with Gasteiger partial charge in [0.05, 0.1) is 33.0 Å². The standard InChI is InChI=1S/C15H18N2O3/c1-19-13-3-2-11-4-5-16-15(14(11)8-13)17-6-7-20-10-12(17)9-18/h2-5,8,12,18H,6-7,9-10H2,1H3. The molecule has 106 valence electrons. The second-order valence-corrected chi connectivity index (χ2v) is 4.83. The smallest absolute Gasteiger partial charge is 0.137 e. The van der Waals surface area contributed by atoms with E-state index in [9.17, 15) is 5.11 Å². The third-order valence-corrected chi connectivity index (χ3v) is 3.66. The summed E-state index contributed by atoms with van der Waals surface area (Å²) in [5.74, 6) is 1.68. The van der Waals surface area contributed by atoms with Crippen LogP contribution in [-0.4, -0.2) is 49.6 Å². The minimum atomic E-state index is -0.0481. The molecule has 2 aromatic rings. The molecular weight excluding hydrogens is 256 g/mol. The van der Waals surface area contributed by atoms with Crippen molar-refractivity contribution in [3.05, 3.63) is 30.5 Å². The SMILES string of the molecule is COc1ccc2ccnc(N3CCOCC3CO)c2c1. The molecular formula is C15H18N2O3. The summed E-state index contributed by atoms with van der Waals surface area (Å²) >= 11 is 0. The number of anilines is 1. The largest absolute Gasteiger partial charge is 0.497 e. The Bertz CT molecular complexity index is 603. The zero-order valence-corrected chi connectivity index (χ0v) is 11.5. The molecule has 3 rings (SSSR count). The van der Waals surface area contributed by atoms with E-state index >= 15 is 0 Å². The number of morpholine rings is 1. The van der Waals surface area contributed by atoms with Gasteiger partial charge < -0.3 is 19.5 Å². The number of rotatable bonds is 3. The Morgan fingerprint density at radius 3 is 3.15 bits per heavy atom. The Morgan fingerprint density at radius 1 is 1.45 bits per heavy atom. The van der Waals surface area contributed by atoms with E-state index in [0.29, 0.717) is 13.2 Å². The second kappa shape index (κ2) is 5.64. The number of ether oxygens (including phenoxy) is 2. The molecule has 1 aliphatic rings. The van der Waals surface area contributed by atoms with Gasteiger partial charge in [-0.2, -0.15) is 0 Å². The van der Waals surface area contributed by atoms with Gasteiger partial charge in [-0.25, -0.2) is 4.98 Å². The van der Waals surface area contributed by atoms with E-state index in [1.807, 2.05) is 24.3 Å². The highest BCUT2D eigenvalue weighted by Crippen LogP contribution is 2.29. The van der Waals surface area contributed by atoms with Gasteiger partial charge in [0.15, 0.2) is 0 Å². The van der Waals surface area contributed by atoms with Crippen molar-refractivity contribution < 1.29 is 14.6 Å². The molecule has 1 aliphatic heterocycles. The van der Waals surface area contributed by atoms with Gasteiger partial charge in [0.1, 0.15) is 11.6 Å². The maximum atomic E-state index is 9.52. The van der Waals surface area contributed by atoms with E-state index in [0.717, 1.165) is 28.9 Å². The van der Waals surface area contributed by atoms with Crippen LogP contribution in [0.3, 0.4) is 0 Å². The van der Waals surface area contributed by atoms with Crippen molar-refractivity contribution >= 4 is 16.6 Å². The van der Waals surface area contributed by atoms with E-state index in [4.69, 9.17) is 9.47 Å². The average Bonchev–Trinajstić information content (AvgIpc) is 2.53. The van der Waals surface area contributed by atoms with Crippen LogP contribution >= 0.6 is 0 Å². The number of methoxy groups -OCH3 is 1. The van der Waals surface area contributed by atoms with Crippen LogP contribution in [0.4, 0.5) is 5.82 Å². The van der Waals surface area contributed by atoms with Crippen molar-refractivity contribution in [3.63, 3.8) is 0 Å². The van der Waals surface area contributed by atoms with Crippen LogP contribution < -0.4 is 9.64 Å². The molecule has 0 saturated carbocycles. The van der Waals surface area contributed by atoms with Gasteiger partial charge in [-0.3, -0.25) is 0 Å². The van der Waals surface area contributed by atoms with E-state index in [1.165, 1.54) is 0 Å². The fraction of sp³-hybridized carbons (Fsp3) is 0.400. The Labute approximate surface area is 117 Å². The normalized spacial score (nSPS) is 19.3. The molecule has 1 atom stereocenters. The summed E-state index contributed by atoms with van der Waals surface area (Å²) in [6, 6.07) is 7.88. The predicted octanol–water partition coefficient (Wildman–Crippen LogP) is 1.44. The third-order valence-electron chi connectivity index (χ3n) is 3.66. The first kappa shape index (κ1) is 13.1. The number of benzene rings is 1. The lowest BCUT2D eigenvalue weighted by Gasteiger charge is -2.36. The van der Waals surface area contributed by atoms with Gasteiger partial charge in [0.25, 0.3) is 0 Å². The Kier molecular flexibility index (Phi) is 3.71. The summed E-state index contributed by atoms with van der Waals surface area (Å²) in [5, 5.41) is 11.7. The highest BCUT2D eigenvalue weighted by atomic mass is 16.5. The average molecular weight is 274 g/mol. The predicted molar refractivity (Wildman–Crippen MR) is 77.3 cm³/mol. The van der Waals surface area contributed by atoms with Crippen molar-refractivity contribution in [2.24, 2.45) is 0 Å². The minimum absolute atomic E-state index is 0.0481. The number of aliphatic hydroxyl groups is 1. The number of pyridine rings is 1. The topological polar surface area (TPSA) is 54.8 Å². The first-order valence-electron chi connectivity index (χ1n) is 6.71. The summed E-state index contributed by atoms with van der Waals surface area (Å²) in [5.41, 5.74) is 0. The highest BCUT2D eigenvalue weighted by molar-refractivity contribution is 5.93. The summed E-state index contributed by atoms with van der Waals surface area (Å²) in [6.07, 6.45) is 1.80. The molecule has 1 saturated heterocycles. The molecule has 1 aromatic heterocycles. The molecule has 0 spiro atoms. The number of hydrogen-bond donors (Lipinski definition) is 1. The molecule has 2 heterocycles. The summed E-state index contributed by atoms with van der Waals surface area (Å²) < 4.78 is 10.7. The van der Waals surface area contributed by atoms with Crippen LogP contribution in [-0.2, 0) is 4.74 Å². The number of nitrogens with zero attached hydrogens (tertiary/aromatic N) is 2. The first-order valence-corrected chi connectivity index (χ1v) is 6.71. The first-order chi connectivity index (χ1) is 9.83. The van der Waals surface area contributed by atoms with Gasteiger partial charge in [-0.1, -0.05) is 6.07 Å². The van der Waals surface area contributed by atoms with Crippen LogP contribution in [0, 0.1) is 0 Å². The number of fused-ring (bicyclic) bond motifs is 1. The fourth-order valence-electron chi connectivity index (χ4n) is 2.57. The van der Waals surface area contributed by atoms with Crippen LogP contribution in [0.15, 0.2) is 30.5 Å². The molecule has 1 unspecified atom stereocenters.